The molecule has 0 aromatic heterocycles. The number of halogens is 4. The van der Waals surface area contributed by atoms with Gasteiger partial charge in [-0.3, -0.25) is 0 Å². The van der Waals surface area contributed by atoms with Gasteiger partial charge in [-0.2, -0.15) is 12.1 Å². The van der Waals surface area contributed by atoms with Crippen molar-refractivity contribution < 1.29 is 67.9 Å². The molecular formula is C24H20F4O6Ti. The van der Waals surface area contributed by atoms with Crippen molar-refractivity contribution in [3.05, 3.63) is 111 Å². The van der Waals surface area contributed by atoms with Crippen molar-refractivity contribution in [2.75, 3.05) is 13.2 Å². The Labute approximate surface area is 215 Å². The minimum Gasteiger partial charge on any atom is -0.455 e. The van der Waals surface area contributed by atoms with Crippen molar-refractivity contribution in [1.82, 2.24) is 0 Å². The van der Waals surface area contributed by atoms with E-state index < -0.39 is 60.0 Å². The third kappa shape index (κ3) is 12.6. The van der Waals surface area contributed by atoms with Crippen LogP contribution in [0, 0.1) is 50.3 Å². The first-order valence-corrected chi connectivity index (χ1v) is 8.48. The number of ether oxygens (including phenoxy) is 2. The fourth-order valence-electron chi connectivity index (χ4n) is 1.86. The molecule has 2 rings (SSSR count). The first kappa shape index (κ1) is 36.2. The number of Topliss-reactive ketones (excluding diaryl/α,β-unsaturated/α-hetero) is 2. The average Bonchev–Trinajstić information content (AvgIpc) is 2.75. The van der Waals surface area contributed by atoms with Gasteiger partial charge in [-0.05, 0) is 0 Å². The van der Waals surface area contributed by atoms with E-state index in [4.69, 9.17) is 0 Å². The molecule has 0 fully saturated rings. The second kappa shape index (κ2) is 18.0. The van der Waals surface area contributed by atoms with Crippen molar-refractivity contribution in [3.63, 3.8) is 0 Å². The number of hydrogen-bond donors (Lipinski definition) is 0. The number of benzene rings is 2. The minimum atomic E-state index is -1.11. The van der Waals surface area contributed by atoms with E-state index >= 15 is 0 Å². The third-order valence-electron chi connectivity index (χ3n) is 3.35. The summed E-state index contributed by atoms with van der Waals surface area (Å²) < 4.78 is 59.8. The topological polar surface area (TPSA) is 86.7 Å². The van der Waals surface area contributed by atoms with Gasteiger partial charge in [0.1, 0.15) is 24.8 Å². The van der Waals surface area contributed by atoms with Crippen molar-refractivity contribution in [1.29, 1.82) is 0 Å². The summed E-state index contributed by atoms with van der Waals surface area (Å²) in [4.78, 5) is 43.9. The first-order valence-electron chi connectivity index (χ1n) is 8.48. The minimum absolute atomic E-state index is 0. The van der Waals surface area contributed by atoms with Gasteiger partial charge in [-0.1, -0.05) is 24.3 Å². The molecule has 0 atom stereocenters. The van der Waals surface area contributed by atoms with Gasteiger partial charge in [-0.25, -0.2) is 27.2 Å². The summed E-state index contributed by atoms with van der Waals surface area (Å²) in [6.45, 7) is 5.00. The van der Waals surface area contributed by atoms with Crippen LogP contribution in [-0.4, -0.2) is 36.7 Å². The molecule has 0 saturated carbocycles. The number of ketones is 2. The van der Waals surface area contributed by atoms with Gasteiger partial charge in [0.2, 0.25) is 0 Å². The second-order valence-electron chi connectivity index (χ2n) is 5.54. The standard InChI is InChI=1S/2C11H7F2O3.2CH3.Ti/c2*1-2-11(15)16-6-10(14)8-4-3-7(12)5-9(8)13;;;/h2*2-4H,1,6H2;2*1H3;/q4*-1;+4. The van der Waals surface area contributed by atoms with Crippen LogP contribution in [0.15, 0.2) is 49.6 Å². The molecule has 0 unspecified atom stereocenters. The van der Waals surface area contributed by atoms with E-state index in [-0.39, 0.29) is 47.7 Å². The maximum Gasteiger partial charge on any atom is 4.00 e. The summed E-state index contributed by atoms with van der Waals surface area (Å²) >= 11 is 0. The molecule has 0 radical (unpaired) electrons. The van der Waals surface area contributed by atoms with Gasteiger partial charge >= 0.3 is 33.7 Å². The van der Waals surface area contributed by atoms with E-state index in [1.165, 1.54) is 0 Å². The van der Waals surface area contributed by atoms with Gasteiger partial charge in [0, 0.05) is 35.4 Å². The van der Waals surface area contributed by atoms with Gasteiger partial charge in [0.25, 0.3) is 0 Å². The smallest absolute Gasteiger partial charge is 0.455 e. The fourth-order valence-corrected chi connectivity index (χ4v) is 1.86. The molecule has 184 valence electrons. The van der Waals surface area contributed by atoms with Crippen LogP contribution in [0.1, 0.15) is 20.7 Å². The molecule has 0 bridgehead atoms. The van der Waals surface area contributed by atoms with Gasteiger partial charge in [0.05, 0.1) is 0 Å². The second-order valence-corrected chi connectivity index (χ2v) is 5.54. The molecule has 0 aliphatic rings. The molecule has 0 N–H and O–H groups in total. The van der Waals surface area contributed by atoms with Crippen molar-refractivity contribution in [2.45, 2.75) is 0 Å². The number of hydrogen-bond acceptors (Lipinski definition) is 6. The largest absolute Gasteiger partial charge is 4.00 e. The zero-order valence-corrected chi connectivity index (χ0v) is 20.3. The van der Waals surface area contributed by atoms with E-state index in [1.54, 1.807) is 12.1 Å². The summed E-state index contributed by atoms with van der Waals surface area (Å²) in [5, 5.41) is 0. The summed E-state index contributed by atoms with van der Waals surface area (Å²) in [5.41, 5.74) is -0.753. The Bertz CT molecular complexity index is 973. The zero-order chi connectivity index (χ0) is 24.3. The van der Waals surface area contributed by atoms with E-state index in [0.717, 1.165) is 36.4 Å². The molecule has 0 heterocycles. The predicted molar refractivity (Wildman–Crippen MR) is 114 cm³/mol. The maximum atomic E-state index is 13.0. The maximum absolute atomic E-state index is 13.0. The quantitative estimate of drug-likeness (QED) is 0.127. The molecule has 0 aliphatic heterocycles. The molecule has 0 spiro atoms. The number of carbonyl (C=O) groups is 4. The summed E-state index contributed by atoms with van der Waals surface area (Å²) in [6.07, 6.45) is 1.75. The van der Waals surface area contributed by atoms with Crippen LogP contribution in [0.5, 0.6) is 0 Å². The monoisotopic (exact) mass is 528 g/mol. The van der Waals surface area contributed by atoms with Crippen LogP contribution >= 0.6 is 0 Å². The number of rotatable bonds is 8. The van der Waals surface area contributed by atoms with Crippen molar-refractivity contribution in [3.8, 4) is 0 Å². The van der Waals surface area contributed by atoms with Crippen LogP contribution < -0.4 is 0 Å². The Morgan fingerprint density at radius 3 is 1.29 bits per heavy atom. The Kier molecular flexibility index (Phi) is 18.6. The molecule has 2 aromatic carbocycles. The molecule has 35 heavy (non-hydrogen) atoms. The Balaban J connectivity index is -0.000000539. The molecule has 0 aliphatic carbocycles. The summed E-state index contributed by atoms with van der Waals surface area (Å²) in [7, 11) is 0. The molecule has 6 nitrogen and oxygen atoms in total. The Morgan fingerprint density at radius 1 is 0.714 bits per heavy atom. The van der Waals surface area contributed by atoms with E-state index in [9.17, 15) is 36.7 Å². The van der Waals surface area contributed by atoms with Gasteiger partial charge in [0.15, 0.2) is 0 Å². The molecule has 0 saturated heterocycles. The van der Waals surface area contributed by atoms with Crippen LogP contribution in [0.3, 0.4) is 0 Å². The Hall–Kier alpha value is -3.37. The summed E-state index contributed by atoms with van der Waals surface area (Å²) in [5.74, 6) is -7.17. The molecule has 11 heteroatoms. The summed E-state index contributed by atoms with van der Waals surface area (Å²) in [6, 6.07) is 7.13. The van der Waals surface area contributed by atoms with E-state index in [1.807, 2.05) is 0 Å². The van der Waals surface area contributed by atoms with E-state index in [0.29, 0.717) is 0 Å². The molecule has 0 amide bonds. The fraction of sp³-hybridized carbons (Fsp3) is 0.0833. The van der Waals surface area contributed by atoms with E-state index in [2.05, 4.69) is 22.6 Å². The zero-order valence-electron chi connectivity index (χ0n) is 18.8. The first-order chi connectivity index (χ1) is 15.1. The van der Waals surface area contributed by atoms with Gasteiger partial charge < -0.3 is 33.9 Å². The normalized spacial score (nSPS) is 8.80. The number of esters is 2. The SMILES string of the molecule is C=CC(=O)OCC(=O)c1ccc(F)[c-]c1F.C=CC(=O)OCC(=O)c1ccc(F)[c-]c1F.[CH3-].[CH3-].[Ti+4]. The average molecular weight is 528 g/mol. The van der Waals surface area contributed by atoms with Crippen LogP contribution in [0.2, 0.25) is 0 Å². The van der Waals surface area contributed by atoms with Crippen molar-refractivity contribution in [2.24, 2.45) is 0 Å². The third-order valence-corrected chi connectivity index (χ3v) is 3.35. The predicted octanol–water partition coefficient (Wildman–Crippen LogP) is 4.25. The van der Waals surface area contributed by atoms with Gasteiger partial charge in [-0.15, -0.1) is 24.3 Å². The molecule has 2 aromatic rings. The van der Waals surface area contributed by atoms with Crippen LogP contribution in [0.4, 0.5) is 17.6 Å². The Morgan fingerprint density at radius 2 is 1.03 bits per heavy atom. The van der Waals surface area contributed by atoms with Crippen molar-refractivity contribution >= 4 is 23.5 Å². The van der Waals surface area contributed by atoms with Crippen LogP contribution in [0.25, 0.3) is 0 Å². The number of carbonyl (C=O) groups excluding carboxylic acids is 4. The van der Waals surface area contributed by atoms with Crippen LogP contribution in [-0.2, 0) is 40.8 Å². The molecular weight excluding hydrogens is 508 g/mol.